The maximum absolute atomic E-state index is 12.4. The number of carbonyl (C=O) groups is 2. The molecule has 1 spiro atoms. The molecule has 25 heavy (non-hydrogen) atoms. The minimum absolute atomic E-state index is 0.0116. The van der Waals surface area contributed by atoms with Gasteiger partial charge in [-0.25, -0.2) is 4.68 Å². The van der Waals surface area contributed by atoms with Crippen molar-refractivity contribution in [2.24, 2.45) is 5.92 Å². The zero-order valence-corrected chi connectivity index (χ0v) is 14.1. The molecule has 0 aromatic carbocycles. The Morgan fingerprint density at radius 3 is 2.60 bits per heavy atom. The molecule has 2 aliphatic heterocycles. The lowest BCUT2D eigenvalue weighted by atomic mass is 9.85. The van der Waals surface area contributed by atoms with Gasteiger partial charge in [0.15, 0.2) is 11.6 Å². The van der Waals surface area contributed by atoms with Gasteiger partial charge < -0.3 is 19.7 Å². The summed E-state index contributed by atoms with van der Waals surface area (Å²) < 4.78 is 12.8. The average molecular weight is 349 g/mol. The van der Waals surface area contributed by atoms with E-state index in [1.807, 2.05) is 0 Å². The van der Waals surface area contributed by atoms with Gasteiger partial charge in [0.1, 0.15) is 6.54 Å². The van der Waals surface area contributed by atoms with E-state index < -0.39 is 5.79 Å². The van der Waals surface area contributed by atoms with Crippen LogP contribution < -0.4 is 5.32 Å². The van der Waals surface area contributed by atoms with Crippen LogP contribution >= 0.6 is 0 Å². The highest BCUT2D eigenvalue weighted by Gasteiger charge is 2.40. The second-order valence-corrected chi connectivity index (χ2v) is 6.91. The Hall–Kier alpha value is -2.00. The monoisotopic (exact) mass is 349 g/mol. The molecule has 0 radical (unpaired) electrons. The number of hydrogen-bond donors (Lipinski definition) is 1. The van der Waals surface area contributed by atoms with Crippen molar-refractivity contribution in [3.8, 4) is 0 Å². The Morgan fingerprint density at radius 1 is 1.24 bits per heavy atom. The number of nitrogens with one attached hydrogen (secondary N) is 1. The van der Waals surface area contributed by atoms with Crippen molar-refractivity contribution < 1.29 is 19.1 Å². The van der Waals surface area contributed by atoms with E-state index in [1.165, 1.54) is 4.68 Å². The summed E-state index contributed by atoms with van der Waals surface area (Å²) in [5.74, 6) is -0.0251. The average Bonchev–Trinajstić information content (AvgIpc) is 3.16. The van der Waals surface area contributed by atoms with Crippen LogP contribution in [0.3, 0.4) is 0 Å². The molecule has 2 saturated heterocycles. The molecule has 136 valence electrons. The van der Waals surface area contributed by atoms with E-state index in [9.17, 15) is 9.59 Å². The Balaban J connectivity index is 1.27. The highest BCUT2D eigenvalue weighted by molar-refractivity contribution is 5.92. The van der Waals surface area contributed by atoms with Crippen molar-refractivity contribution in [1.82, 2.24) is 19.9 Å². The van der Waals surface area contributed by atoms with E-state index in [4.69, 9.17) is 9.47 Å². The number of likely N-dealkylation sites (tertiary alicyclic amines) is 1. The van der Waals surface area contributed by atoms with Crippen LogP contribution in [-0.2, 0) is 25.6 Å². The van der Waals surface area contributed by atoms with Crippen molar-refractivity contribution in [2.75, 3.05) is 31.6 Å². The molecule has 1 aliphatic carbocycles. The smallest absolute Gasteiger partial charge is 0.244 e. The first kappa shape index (κ1) is 16.5. The van der Waals surface area contributed by atoms with E-state index >= 15 is 0 Å². The minimum atomic E-state index is -0.483. The van der Waals surface area contributed by atoms with Gasteiger partial charge in [-0.2, -0.15) is 0 Å². The number of anilines is 1. The van der Waals surface area contributed by atoms with Gasteiger partial charge >= 0.3 is 0 Å². The van der Waals surface area contributed by atoms with Gasteiger partial charge in [-0.3, -0.25) is 9.59 Å². The highest BCUT2D eigenvalue weighted by atomic mass is 16.7. The van der Waals surface area contributed by atoms with E-state index in [0.29, 0.717) is 45.0 Å². The van der Waals surface area contributed by atoms with Crippen molar-refractivity contribution >= 4 is 17.6 Å². The number of piperidine rings is 1. The van der Waals surface area contributed by atoms with E-state index in [2.05, 4.69) is 15.6 Å². The molecule has 1 N–H and O–H groups in total. The molecule has 0 bridgehead atoms. The van der Waals surface area contributed by atoms with Crippen LogP contribution in [0.15, 0.2) is 6.20 Å². The van der Waals surface area contributed by atoms with E-state index in [1.54, 1.807) is 11.1 Å². The van der Waals surface area contributed by atoms with Gasteiger partial charge in [-0.05, 0) is 12.8 Å². The molecule has 0 atom stereocenters. The first-order valence-corrected chi connectivity index (χ1v) is 8.90. The first-order chi connectivity index (χ1) is 12.1. The van der Waals surface area contributed by atoms with Crippen LogP contribution in [0.25, 0.3) is 0 Å². The lowest BCUT2D eigenvalue weighted by Gasteiger charge is -2.37. The number of ether oxygens (including phenoxy) is 2. The number of carbonyl (C=O) groups excluding carboxylic acids is 2. The zero-order valence-electron chi connectivity index (χ0n) is 14.1. The number of aromatic nitrogens is 3. The van der Waals surface area contributed by atoms with Crippen LogP contribution in [-0.4, -0.2) is 63.8 Å². The summed E-state index contributed by atoms with van der Waals surface area (Å²) >= 11 is 0. The van der Waals surface area contributed by atoms with Crippen LogP contribution in [0.1, 0.15) is 32.1 Å². The second kappa shape index (κ2) is 6.72. The fraction of sp³-hybridized carbons (Fsp3) is 0.750. The predicted octanol–water partition coefficient (Wildman–Crippen LogP) is 0.382. The lowest BCUT2D eigenvalue weighted by Crippen LogP contribution is -2.48. The minimum Gasteiger partial charge on any atom is -0.347 e. The first-order valence-electron chi connectivity index (χ1n) is 8.90. The van der Waals surface area contributed by atoms with Crippen LogP contribution in [0.2, 0.25) is 0 Å². The standard InChI is InChI=1S/C16H23N5O4/c22-14(20-6-4-16(5-7-20)24-8-9-25-16)11-21-10-13(18-19-21)17-15(23)12-2-1-3-12/h10,12H,1-9,11H2,(H,17,23). The van der Waals surface area contributed by atoms with Gasteiger partial charge in [0.2, 0.25) is 11.8 Å². The molecule has 9 nitrogen and oxygen atoms in total. The van der Waals surface area contributed by atoms with Crippen molar-refractivity contribution in [2.45, 2.75) is 44.4 Å². The molecule has 3 fully saturated rings. The van der Waals surface area contributed by atoms with Gasteiger partial charge in [0.05, 0.1) is 19.4 Å². The Kier molecular flexibility index (Phi) is 4.43. The summed E-state index contributed by atoms with van der Waals surface area (Å²) in [6, 6.07) is 0. The largest absolute Gasteiger partial charge is 0.347 e. The molecule has 1 aromatic rings. The SMILES string of the molecule is O=C(Nc1cn(CC(=O)N2CCC3(CC2)OCCO3)nn1)C1CCC1. The molecule has 1 saturated carbocycles. The summed E-state index contributed by atoms with van der Waals surface area (Å²) in [7, 11) is 0. The molecule has 0 unspecified atom stereocenters. The highest BCUT2D eigenvalue weighted by Crippen LogP contribution is 2.31. The fourth-order valence-electron chi connectivity index (χ4n) is 3.45. The molecule has 9 heteroatoms. The normalized spacial score (nSPS) is 22.8. The van der Waals surface area contributed by atoms with Crippen molar-refractivity contribution in [3.63, 3.8) is 0 Å². The van der Waals surface area contributed by atoms with E-state index in [-0.39, 0.29) is 24.3 Å². The quantitative estimate of drug-likeness (QED) is 0.844. The zero-order chi connectivity index (χ0) is 17.3. The predicted molar refractivity (Wildman–Crippen MR) is 86.4 cm³/mol. The Bertz CT molecular complexity index is 641. The molecule has 4 rings (SSSR count). The van der Waals surface area contributed by atoms with E-state index in [0.717, 1.165) is 19.3 Å². The summed E-state index contributed by atoms with van der Waals surface area (Å²) in [6.45, 7) is 2.59. The fourth-order valence-corrected chi connectivity index (χ4v) is 3.45. The summed E-state index contributed by atoms with van der Waals surface area (Å²) in [4.78, 5) is 26.1. The topological polar surface area (TPSA) is 98.6 Å². The van der Waals surface area contributed by atoms with Crippen molar-refractivity contribution in [1.29, 1.82) is 0 Å². The number of hydrogen-bond acceptors (Lipinski definition) is 6. The van der Waals surface area contributed by atoms with Gasteiger partial charge in [0.25, 0.3) is 0 Å². The van der Waals surface area contributed by atoms with Crippen LogP contribution in [0.5, 0.6) is 0 Å². The lowest BCUT2D eigenvalue weighted by molar-refractivity contribution is -0.187. The van der Waals surface area contributed by atoms with Crippen LogP contribution in [0, 0.1) is 5.92 Å². The Labute approximate surface area is 145 Å². The second-order valence-electron chi connectivity index (χ2n) is 6.91. The summed E-state index contributed by atoms with van der Waals surface area (Å²) in [5.41, 5.74) is 0. The maximum Gasteiger partial charge on any atom is 0.244 e. The molecule has 2 amide bonds. The number of rotatable bonds is 4. The molecular formula is C16H23N5O4. The third-order valence-corrected chi connectivity index (χ3v) is 5.25. The molecular weight excluding hydrogens is 326 g/mol. The van der Waals surface area contributed by atoms with Gasteiger partial charge in [-0.1, -0.05) is 11.6 Å². The summed E-state index contributed by atoms with van der Waals surface area (Å²) in [5, 5.41) is 10.6. The molecule has 3 heterocycles. The van der Waals surface area contributed by atoms with Gasteiger partial charge in [-0.15, -0.1) is 5.10 Å². The molecule has 3 aliphatic rings. The van der Waals surface area contributed by atoms with Gasteiger partial charge in [0, 0.05) is 31.8 Å². The number of nitrogens with zero attached hydrogens (tertiary/aromatic N) is 4. The van der Waals surface area contributed by atoms with Crippen LogP contribution in [0.4, 0.5) is 5.82 Å². The maximum atomic E-state index is 12.4. The third kappa shape index (κ3) is 3.52. The van der Waals surface area contributed by atoms with Crippen molar-refractivity contribution in [3.05, 3.63) is 6.20 Å². The molecule has 1 aromatic heterocycles. The third-order valence-electron chi connectivity index (χ3n) is 5.25. The number of amides is 2. The Morgan fingerprint density at radius 2 is 1.96 bits per heavy atom. The summed E-state index contributed by atoms with van der Waals surface area (Å²) in [6.07, 6.45) is 5.96.